The van der Waals surface area contributed by atoms with Gasteiger partial charge in [0.2, 0.25) is 0 Å². The number of nitrogen functional groups attached to an aromatic ring is 1. The Morgan fingerprint density at radius 2 is 2.26 bits per heavy atom. The van der Waals surface area contributed by atoms with E-state index in [0.717, 1.165) is 5.69 Å². The van der Waals surface area contributed by atoms with Gasteiger partial charge in [0.1, 0.15) is 0 Å². The standard InChI is InChI=1S/C12H20N4O2S/c1-8(4-5-19(3)18)15-12(17)10-7-14-9(2)6-11(10)16-13/h6-8H,4-5,13H2,1-3H3,(H,14,16)(H,15,17). The molecule has 2 unspecified atom stereocenters. The van der Waals surface area contributed by atoms with Gasteiger partial charge in [0.25, 0.3) is 5.91 Å². The van der Waals surface area contributed by atoms with E-state index in [9.17, 15) is 9.00 Å². The van der Waals surface area contributed by atoms with Gasteiger partial charge in [-0.3, -0.25) is 19.8 Å². The van der Waals surface area contributed by atoms with Crippen molar-refractivity contribution in [3.8, 4) is 0 Å². The summed E-state index contributed by atoms with van der Waals surface area (Å²) in [4.78, 5) is 16.2. The van der Waals surface area contributed by atoms with Crippen LogP contribution in [0.4, 0.5) is 5.69 Å². The van der Waals surface area contributed by atoms with Crippen LogP contribution in [-0.4, -0.2) is 33.2 Å². The molecule has 1 rings (SSSR count). The largest absolute Gasteiger partial charge is 0.349 e. The van der Waals surface area contributed by atoms with Crippen LogP contribution >= 0.6 is 0 Å². The highest BCUT2D eigenvalue weighted by Gasteiger charge is 2.14. The van der Waals surface area contributed by atoms with Crippen molar-refractivity contribution >= 4 is 22.4 Å². The summed E-state index contributed by atoms with van der Waals surface area (Å²) < 4.78 is 11.0. The quantitative estimate of drug-likeness (QED) is 0.524. The second-order valence-corrected chi connectivity index (χ2v) is 6.01. The van der Waals surface area contributed by atoms with Crippen LogP contribution in [-0.2, 0) is 10.8 Å². The first-order valence-corrected chi connectivity index (χ1v) is 7.71. The van der Waals surface area contributed by atoms with Gasteiger partial charge in [0, 0.05) is 40.7 Å². The average Bonchev–Trinajstić information content (AvgIpc) is 2.35. The minimum absolute atomic E-state index is 0.0525. The number of carbonyl (C=O) groups excluding carboxylic acids is 1. The van der Waals surface area contributed by atoms with Gasteiger partial charge in [-0.25, -0.2) is 0 Å². The fraction of sp³-hybridized carbons (Fsp3) is 0.500. The van der Waals surface area contributed by atoms with E-state index in [1.54, 1.807) is 12.3 Å². The first-order chi connectivity index (χ1) is 8.93. The topological polar surface area (TPSA) is 97.1 Å². The molecular formula is C12H20N4O2S. The van der Waals surface area contributed by atoms with Crippen LogP contribution in [0.3, 0.4) is 0 Å². The zero-order valence-corrected chi connectivity index (χ0v) is 12.2. The van der Waals surface area contributed by atoms with E-state index in [0.29, 0.717) is 23.4 Å². The molecule has 6 nitrogen and oxygen atoms in total. The number of nitrogens with one attached hydrogen (secondary N) is 2. The molecule has 0 aliphatic carbocycles. The Kier molecular flexibility index (Phi) is 5.91. The highest BCUT2D eigenvalue weighted by molar-refractivity contribution is 7.84. The first-order valence-electron chi connectivity index (χ1n) is 5.98. The number of amides is 1. The number of pyridine rings is 1. The minimum atomic E-state index is -0.851. The van der Waals surface area contributed by atoms with Gasteiger partial charge in [-0.15, -0.1) is 0 Å². The fourth-order valence-corrected chi connectivity index (χ4v) is 2.26. The summed E-state index contributed by atoms with van der Waals surface area (Å²) >= 11 is 0. The molecule has 1 heterocycles. The van der Waals surface area contributed by atoms with E-state index in [1.165, 1.54) is 6.20 Å². The molecule has 106 valence electrons. The lowest BCUT2D eigenvalue weighted by atomic mass is 10.1. The highest BCUT2D eigenvalue weighted by Crippen LogP contribution is 2.14. The summed E-state index contributed by atoms with van der Waals surface area (Å²) in [6.45, 7) is 3.70. The molecule has 7 heteroatoms. The number of hydrogen-bond donors (Lipinski definition) is 3. The van der Waals surface area contributed by atoms with Crippen molar-refractivity contribution in [3.63, 3.8) is 0 Å². The number of rotatable bonds is 6. The molecule has 0 fully saturated rings. The Hall–Kier alpha value is -1.47. The minimum Gasteiger partial charge on any atom is -0.349 e. The summed E-state index contributed by atoms with van der Waals surface area (Å²) in [6, 6.07) is 1.66. The Balaban J connectivity index is 2.70. The number of aryl methyl sites for hydroxylation is 1. The van der Waals surface area contributed by atoms with Gasteiger partial charge in [-0.2, -0.15) is 0 Å². The molecule has 0 bridgehead atoms. The molecule has 1 aromatic heterocycles. The molecule has 0 saturated carbocycles. The molecule has 0 aliphatic rings. The van der Waals surface area contributed by atoms with Gasteiger partial charge in [0.15, 0.2) is 0 Å². The normalized spacial score (nSPS) is 13.7. The summed E-state index contributed by atoms with van der Waals surface area (Å²) in [5.41, 5.74) is 4.21. The third-order valence-electron chi connectivity index (χ3n) is 2.66. The first kappa shape index (κ1) is 15.6. The number of carbonyl (C=O) groups is 1. The molecule has 1 amide bonds. The lowest BCUT2D eigenvalue weighted by Gasteiger charge is -2.15. The van der Waals surface area contributed by atoms with Crippen molar-refractivity contribution in [2.75, 3.05) is 17.4 Å². The summed E-state index contributed by atoms with van der Waals surface area (Å²) in [7, 11) is -0.851. The maximum Gasteiger partial charge on any atom is 0.255 e. The number of nitrogens with two attached hydrogens (primary N) is 1. The van der Waals surface area contributed by atoms with E-state index >= 15 is 0 Å². The predicted molar refractivity (Wildman–Crippen MR) is 77.3 cm³/mol. The zero-order valence-electron chi connectivity index (χ0n) is 11.4. The zero-order chi connectivity index (χ0) is 14.4. The molecule has 19 heavy (non-hydrogen) atoms. The van der Waals surface area contributed by atoms with Crippen molar-refractivity contribution in [2.45, 2.75) is 26.3 Å². The monoisotopic (exact) mass is 284 g/mol. The molecule has 0 radical (unpaired) electrons. The maximum atomic E-state index is 12.1. The van der Waals surface area contributed by atoms with Gasteiger partial charge < -0.3 is 10.7 Å². The van der Waals surface area contributed by atoms with Crippen LogP contribution in [0.25, 0.3) is 0 Å². The van der Waals surface area contributed by atoms with E-state index in [1.807, 2.05) is 13.8 Å². The summed E-state index contributed by atoms with van der Waals surface area (Å²) in [5.74, 6) is 5.71. The SMILES string of the molecule is Cc1cc(NN)c(C(=O)NC(C)CCS(C)=O)cn1. The van der Waals surface area contributed by atoms with Crippen molar-refractivity contribution in [2.24, 2.45) is 5.84 Å². The molecular weight excluding hydrogens is 264 g/mol. The highest BCUT2D eigenvalue weighted by atomic mass is 32.2. The molecule has 0 saturated heterocycles. The van der Waals surface area contributed by atoms with Crippen LogP contribution in [0.2, 0.25) is 0 Å². The summed E-state index contributed by atoms with van der Waals surface area (Å²) in [6.07, 6.45) is 3.80. The molecule has 0 spiro atoms. The number of anilines is 1. The number of nitrogens with zero attached hydrogens (tertiary/aromatic N) is 1. The fourth-order valence-electron chi connectivity index (χ4n) is 1.58. The second-order valence-electron chi connectivity index (χ2n) is 4.46. The predicted octanol–water partition coefficient (Wildman–Crippen LogP) is 0.563. The number of aromatic nitrogens is 1. The van der Waals surface area contributed by atoms with E-state index < -0.39 is 10.8 Å². The van der Waals surface area contributed by atoms with Crippen molar-refractivity contribution in [1.82, 2.24) is 10.3 Å². The van der Waals surface area contributed by atoms with Crippen molar-refractivity contribution in [1.29, 1.82) is 0 Å². The maximum absolute atomic E-state index is 12.1. The Morgan fingerprint density at radius 3 is 2.84 bits per heavy atom. The molecule has 0 aliphatic heterocycles. The van der Waals surface area contributed by atoms with Crippen LogP contribution in [0, 0.1) is 6.92 Å². The average molecular weight is 284 g/mol. The van der Waals surface area contributed by atoms with Crippen molar-refractivity contribution < 1.29 is 9.00 Å². The number of hydrogen-bond acceptors (Lipinski definition) is 5. The lowest BCUT2D eigenvalue weighted by molar-refractivity contribution is 0.0940. The molecule has 4 N–H and O–H groups in total. The van der Waals surface area contributed by atoms with Gasteiger partial charge in [-0.1, -0.05) is 0 Å². The van der Waals surface area contributed by atoms with Crippen LogP contribution in [0.5, 0.6) is 0 Å². The lowest BCUT2D eigenvalue weighted by Crippen LogP contribution is -2.34. The van der Waals surface area contributed by atoms with E-state index in [2.05, 4.69) is 15.7 Å². The third-order valence-corrected chi connectivity index (χ3v) is 3.47. The van der Waals surface area contributed by atoms with Crippen LogP contribution < -0.4 is 16.6 Å². The Morgan fingerprint density at radius 1 is 1.58 bits per heavy atom. The van der Waals surface area contributed by atoms with Gasteiger partial charge >= 0.3 is 0 Å². The molecule has 0 aromatic carbocycles. The van der Waals surface area contributed by atoms with Gasteiger partial charge in [-0.05, 0) is 26.3 Å². The molecule has 1 aromatic rings. The van der Waals surface area contributed by atoms with Crippen LogP contribution in [0.1, 0.15) is 29.4 Å². The van der Waals surface area contributed by atoms with Crippen molar-refractivity contribution in [3.05, 3.63) is 23.5 Å². The van der Waals surface area contributed by atoms with E-state index in [-0.39, 0.29) is 11.9 Å². The summed E-state index contributed by atoms with van der Waals surface area (Å²) in [5, 5.41) is 2.84. The van der Waals surface area contributed by atoms with Crippen LogP contribution in [0.15, 0.2) is 12.3 Å². The third kappa shape index (κ3) is 4.96. The van der Waals surface area contributed by atoms with E-state index in [4.69, 9.17) is 5.84 Å². The molecule has 2 atom stereocenters. The smallest absolute Gasteiger partial charge is 0.255 e. The Labute approximate surface area is 115 Å². The van der Waals surface area contributed by atoms with Gasteiger partial charge in [0.05, 0.1) is 11.3 Å². The number of hydrazine groups is 1. The second kappa shape index (κ2) is 7.20. The Bertz CT molecular complexity index is 479.